The fraction of sp³-hybridized carbons (Fsp3) is 0.222. The molecule has 3 N–H and O–H groups in total. The quantitative estimate of drug-likeness (QED) is 0.303. The highest BCUT2D eigenvalue weighted by Crippen LogP contribution is 2.29. The van der Waals surface area contributed by atoms with Gasteiger partial charge in [0, 0.05) is 16.3 Å². The molecule has 10 heteroatoms. The molecule has 28 heavy (non-hydrogen) atoms. The van der Waals surface area contributed by atoms with Crippen LogP contribution in [0, 0.1) is 0 Å². The van der Waals surface area contributed by atoms with Crippen molar-refractivity contribution in [3.63, 3.8) is 0 Å². The first-order valence-corrected chi connectivity index (χ1v) is 10.0. The number of hydrogen-bond donors (Lipinski definition) is 3. The molecule has 0 bridgehead atoms. The molecule has 0 aromatic heterocycles. The summed E-state index contributed by atoms with van der Waals surface area (Å²) in [4.78, 5) is 12.4. The normalized spacial score (nSPS) is 12.0. The molecule has 0 spiro atoms. The number of halogens is 4. The Bertz CT molecular complexity index is 811. The van der Waals surface area contributed by atoms with Crippen molar-refractivity contribution in [3.05, 3.63) is 59.1 Å². The van der Waals surface area contributed by atoms with E-state index in [1.54, 1.807) is 48.5 Å². The first-order chi connectivity index (χ1) is 13.2. The SMILES string of the molecule is CCOc1ccc(NC(=S)N[C@H](NC(=O)c2ccc(Cl)cc2)C(Cl)(Cl)Cl)cc1. The van der Waals surface area contributed by atoms with E-state index in [4.69, 9.17) is 63.4 Å². The molecular formula is C18H17Cl4N3O2S. The summed E-state index contributed by atoms with van der Waals surface area (Å²) in [5, 5.41) is 9.02. The third kappa shape index (κ3) is 7.18. The Hall–Kier alpha value is -1.44. The highest BCUT2D eigenvalue weighted by atomic mass is 35.6. The lowest BCUT2D eigenvalue weighted by Gasteiger charge is -2.27. The van der Waals surface area contributed by atoms with Gasteiger partial charge in [-0.25, -0.2) is 0 Å². The highest BCUT2D eigenvalue weighted by Gasteiger charge is 2.34. The maximum Gasteiger partial charge on any atom is 0.252 e. The molecule has 0 saturated heterocycles. The number of alkyl halides is 3. The fourth-order valence-corrected chi connectivity index (χ4v) is 2.80. The summed E-state index contributed by atoms with van der Waals surface area (Å²) in [7, 11) is 0. The van der Waals surface area contributed by atoms with E-state index in [9.17, 15) is 4.79 Å². The van der Waals surface area contributed by atoms with E-state index in [2.05, 4.69) is 16.0 Å². The summed E-state index contributed by atoms with van der Waals surface area (Å²) in [6.45, 7) is 2.48. The lowest BCUT2D eigenvalue weighted by Crippen LogP contribution is -2.56. The number of amides is 1. The standard InChI is InChI=1S/C18H17Cl4N3O2S/c1-2-27-14-9-7-13(8-10-14)23-17(28)25-16(18(20,21)22)24-15(26)11-3-5-12(19)6-4-11/h3-10,16H,2H2,1H3,(H,24,26)(H2,23,25,28)/t16-/m0/s1. The Balaban J connectivity index is 2.01. The van der Waals surface area contributed by atoms with E-state index in [0.717, 1.165) is 5.75 Å². The molecule has 2 aromatic carbocycles. The molecule has 0 saturated carbocycles. The third-order valence-corrected chi connectivity index (χ3v) is 4.53. The van der Waals surface area contributed by atoms with E-state index in [0.29, 0.717) is 22.9 Å². The van der Waals surface area contributed by atoms with Crippen molar-refractivity contribution in [1.82, 2.24) is 10.6 Å². The van der Waals surface area contributed by atoms with Crippen molar-refractivity contribution in [2.24, 2.45) is 0 Å². The molecule has 150 valence electrons. The Morgan fingerprint density at radius 1 is 1.07 bits per heavy atom. The topological polar surface area (TPSA) is 62.4 Å². The number of nitrogens with one attached hydrogen (secondary N) is 3. The Morgan fingerprint density at radius 2 is 1.68 bits per heavy atom. The van der Waals surface area contributed by atoms with Crippen LogP contribution in [0.25, 0.3) is 0 Å². The summed E-state index contributed by atoms with van der Waals surface area (Å²) in [5.74, 6) is 0.283. The number of anilines is 1. The van der Waals surface area contributed by atoms with Crippen molar-refractivity contribution in [3.8, 4) is 5.75 Å². The lowest BCUT2D eigenvalue weighted by atomic mass is 10.2. The van der Waals surface area contributed by atoms with Crippen LogP contribution in [-0.4, -0.2) is 27.6 Å². The molecule has 0 aliphatic carbocycles. The van der Waals surface area contributed by atoms with Crippen LogP contribution in [0.1, 0.15) is 17.3 Å². The zero-order chi connectivity index (χ0) is 20.7. The number of benzene rings is 2. The lowest BCUT2D eigenvalue weighted by molar-refractivity contribution is 0.0934. The Morgan fingerprint density at radius 3 is 2.21 bits per heavy atom. The molecule has 0 fully saturated rings. The summed E-state index contributed by atoms with van der Waals surface area (Å²) in [5.41, 5.74) is 1.06. The molecule has 2 rings (SSSR count). The van der Waals surface area contributed by atoms with Gasteiger partial charge in [0.05, 0.1) is 6.61 Å². The van der Waals surface area contributed by atoms with E-state index in [1.807, 2.05) is 6.92 Å². The van der Waals surface area contributed by atoms with Gasteiger partial charge in [-0.3, -0.25) is 4.79 Å². The molecule has 5 nitrogen and oxygen atoms in total. The maximum absolute atomic E-state index is 12.4. The summed E-state index contributed by atoms with van der Waals surface area (Å²) in [6.07, 6.45) is -1.08. The first kappa shape index (κ1) is 22.8. The summed E-state index contributed by atoms with van der Waals surface area (Å²) < 4.78 is 3.53. The van der Waals surface area contributed by atoms with Gasteiger partial charge in [0.25, 0.3) is 5.91 Å². The molecule has 0 aliphatic heterocycles. The minimum atomic E-state index is -1.85. The molecule has 0 unspecified atom stereocenters. The zero-order valence-corrected chi connectivity index (χ0v) is 18.5. The Labute approximate surface area is 188 Å². The van der Waals surface area contributed by atoms with E-state index >= 15 is 0 Å². The van der Waals surface area contributed by atoms with Gasteiger partial charge in [0.1, 0.15) is 11.9 Å². The molecule has 0 heterocycles. The summed E-state index contributed by atoms with van der Waals surface area (Å²) >= 11 is 29.0. The van der Waals surface area contributed by atoms with E-state index in [1.165, 1.54) is 0 Å². The van der Waals surface area contributed by atoms with Crippen molar-refractivity contribution in [2.75, 3.05) is 11.9 Å². The second-order valence-electron chi connectivity index (χ2n) is 5.51. The second kappa shape index (κ2) is 10.4. The van der Waals surface area contributed by atoms with Crippen LogP contribution in [0.15, 0.2) is 48.5 Å². The van der Waals surface area contributed by atoms with Gasteiger partial charge in [0.15, 0.2) is 5.11 Å². The van der Waals surface area contributed by atoms with Crippen LogP contribution < -0.4 is 20.7 Å². The monoisotopic (exact) mass is 479 g/mol. The van der Waals surface area contributed by atoms with Gasteiger partial charge in [-0.1, -0.05) is 46.4 Å². The number of hydrogen-bond acceptors (Lipinski definition) is 3. The number of thiocarbonyl (C=S) groups is 1. The number of ether oxygens (including phenoxy) is 1. The highest BCUT2D eigenvalue weighted by molar-refractivity contribution is 7.80. The smallest absolute Gasteiger partial charge is 0.252 e. The predicted octanol–water partition coefficient (Wildman–Crippen LogP) is 5.15. The predicted molar refractivity (Wildman–Crippen MR) is 120 cm³/mol. The van der Waals surface area contributed by atoms with Crippen LogP contribution in [0.4, 0.5) is 5.69 Å². The van der Waals surface area contributed by atoms with Gasteiger partial charge in [0.2, 0.25) is 3.79 Å². The average molecular weight is 481 g/mol. The van der Waals surface area contributed by atoms with E-state index in [-0.39, 0.29) is 5.11 Å². The Kier molecular flexibility index (Phi) is 8.46. The molecule has 0 aliphatic rings. The van der Waals surface area contributed by atoms with Gasteiger partial charge >= 0.3 is 0 Å². The molecule has 1 amide bonds. The fourth-order valence-electron chi connectivity index (χ4n) is 2.11. The van der Waals surface area contributed by atoms with Gasteiger partial charge in [-0.15, -0.1) is 0 Å². The number of rotatable bonds is 6. The van der Waals surface area contributed by atoms with Crippen molar-refractivity contribution in [2.45, 2.75) is 16.9 Å². The maximum atomic E-state index is 12.4. The molecule has 1 atom stereocenters. The number of carbonyl (C=O) groups excluding carboxylic acids is 1. The van der Waals surface area contributed by atoms with Crippen LogP contribution >= 0.6 is 58.6 Å². The van der Waals surface area contributed by atoms with Gasteiger partial charge in [-0.2, -0.15) is 0 Å². The summed E-state index contributed by atoms with van der Waals surface area (Å²) in [6, 6.07) is 13.5. The van der Waals surface area contributed by atoms with Crippen molar-refractivity contribution >= 4 is 75.3 Å². The molecule has 2 aromatic rings. The van der Waals surface area contributed by atoms with Gasteiger partial charge in [-0.05, 0) is 67.7 Å². The average Bonchev–Trinajstić information content (AvgIpc) is 2.62. The van der Waals surface area contributed by atoms with Crippen LogP contribution in [0.2, 0.25) is 5.02 Å². The van der Waals surface area contributed by atoms with Crippen LogP contribution in [0.5, 0.6) is 5.75 Å². The number of carbonyl (C=O) groups is 1. The van der Waals surface area contributed by atoms with E-state index < -0.39 is 15.9 Å². The largest absolute Gasteiger partial charge is 0.494 e. The second-order valence-corrected chi connectivity index (χ2v) is 8.72. The van der Waals surface area contributed by atoms with Crippen LogP contribution in [0.3, 0.4) is 0 Å². The first-order valence-electron chi connectivity index (χ1n) is 8.12. The van der Waals surface area contributed by atoms with Gasteiger partial charge < -0.3 is 20.7 Å². The molecule has 0 radical (unpaired) electrons. The van der Waals surface area contributed by atoms with Crippen molar-refractivity contribution in [1.29, 1.82) is 0 Å². The third-order valence-electron chi connectivity index (χ3n) is 3.41. The minimum Gasteiger partial charge on any atom is -0.494 e. The van der Waals surface area contributed by atoms with Crippen LogP contribution in [-0.2, 0) is 0 Å². The molecular weight excluding hydrogens is 464 g/mol. The minimum absolute atomic E-state index is 0.164. The van der Waals surface area contributed by atoms with Crippen molar-refractivity contribution < 1.29 is 9.53 Å². The zero-order valence-electron chi connectivity index (χ0n) is 14.6.